The molecule has 0 saturated heterocycles. The molecule has 0 spiro atoms. The number of anilines is 1. The first-order valence-electron chi connectivity index (χ1n) is 15.2. The monoisotopic (exact) mass is 607 g/mol. The average Bonchev–Trinajstić information content (AvgIpc) is 3.49. The second-order valence-corrected chi connectivity index (χ2v) is 13.4. The molecule has 2 aromatic heterocycles. The molecule has 6 rings (SSSR count). The molecule has 0 aromatic carbocycles. The van der Waals surface area contributed by atoms with Crippen LogP contribution < -0.4 is 26.8 Å². The standard InChI is InChI=1S/C31H41N7O6/c1-5-33-27(43)23(39)9-8-20(34-26(42)22-14-32-18-37(22)4)25(41)35-21-7-6-10-38(28(21)44)15-24(40)36-31-13-19-11-29(2,16-31)30(3,12-19)17-31/h6-7,10,14,18-20H,5,8-9,11-13,15-17H2,1-4H3,(H,33,43)(H,34,42)(H,35,41)(H,36,40)/t19?,20-,29?,30?,31?/m0/s1. The Bertz CT molecular complexity index is 1540. The summed E-state index contributed by atoms with van der Waals surface area (Å²) in [4.78, 5) is 80.9. The number of rotatable bonds is 12. The lowest BCUT2D eigenvalue weighted by Crippen LogP contribution is -2.52. The van der Waals surface area contributed by atoms with Gasteiger partial charge in [0.25, 0.3) is 17.4 Å². The Labute approximate surface area is 255 Å². The SMILES string of the molecule is CCNC(=O)C(=O)CC[C@H](NC(=O)c1cncn1C)C(=O)Nc1cccn(CC(=O)NC23CC4CC(C)(C2)C(C)(C4)C3)c1=O. The van der Waals surface area contributed by atoms with Crippen molar-refractivity contribution in [1.82, 2.24) is 30.1 Å². The number of aryl methyl sites for hydroxylation is 1. The van der Waals surface area contributed by atoms with Gasteiger partial charge >= 0.3 is 0 Å². The molecule has 3 atom stereocenters. The number of ketones is 1. The molecule has 4 amide bonds. The smallest absolute Gasteiger partial charge is 0.287 e. The fourth-order valence-corrected chi connectivity index (χ4v) is 8.14. The van der Waals surface area contributed by atoms with E-state index < -0.39 is 35.1 Å². The van der Waals surface area contributed by atoms with Gasteiger partial charge in [0.05, 0.1) is 12.5 Å². The number of imidazole rings is 1. The summed E-state index contributed by atoms with van der Waals surface area (Å²) >= 11 is 0. The molecule has 4 aliphatic carbocycles. The van der Waals surface area contributed by atoms with Gasteiger partial charge in [-0.1, -0.05) is 13.8 Å². The number of hydrogen-bond acceptors (Lipinski definition) is 7. The summed E-state index contributed by atoms with van der Waals surface area (Å²) < 4.78 is 2.70. The fourth-order valence-electron chi connectivity index (χ4n) is 8.14. The van der Waals surface area contributed by atoms with Crippen molar-refractivity contribution in [1.29, 1.82) is 0 Å². The van der Waals surface area contributed by atoms with Crippen LogP contribution in [0.15, 0.2) is 35.6 Å². The molecule has 4 fully saturated rings. The predicted octanol–water partition coefficient (Wildman–Crippen LogP) is 1.28. The van der Waals surface area contributed by atoms with Crippen LogP contribution in [-0.2, 0) is 32.8 Å². The summed E-state index contributed by atoms with van der Waals surface area (Å²) in [6, 6.07) is 1.71. The molecule has 4 N–H and O–H groups in total. The molecular formula is C31H41N7O6. The van der Waals surface area contributed by atoms with Gasteiger partial charge in [0.1, 0.15) is 24.0 Å². The van der Waals surface area contributed by atoms with Crippen LogP contribution in [0.4, 0.5) is 5.69 Å². The van der Waals surface area contributed by atoms with Gasteiger partial charge in [-0.2, -0.15) is 0 Å². The Kier molecular flexibility index (Phi) is 8.25. The van der Waals surface area contributed by atoms with Crippen LogP contribution in [-0.4, -0.2) is 61.7 Å². The molecule has 2 heterocycles. The normalized spacial score (nSPS) is 27.0. The number of nitrogens with zero attached hydrogens (tertiary/aromatic N) is 3. The van der Waals surface area contributed by atoms with E-state index in [-0.39, 0.29) is 59.6 Å². The minimum absolute atomic E-state index is 0.0850. The second kappa shape index (κ2) is 11.7. The van der Waals surface area contributed by atoms with E-state index in [9.17, 15) is 28.8 Å². The van der Waals surface area contributed by atoms with Crippen molar-refractivity contribution in [3.8, 4) is 0 Å². The molecule has 0 radical (unpaired) electrons. The first-order chi connectivity index (χ1) is 20.8. The second-order valence-electron chi connectivity index (χ2n) is 13.4. The zero-order valence-corrected chi connectivity index (χ0v) is 25.7. The molecule has 4 saturated carbocycles. The lowest BCUT2D eigenvalue weighted by Gasteiger charge is -2.41. The van der Waals surface area contributed by atoms with Crippen LogP contribution in [0.5, 0.6) is 0 Å². The van der Waals surface area contributed by atoms with Crippen LogP contribution >= 0.6 is 0 Å². The van der Waals surface area contributed by atoms with Crippen molar-refractivity contribution in [2.75, 3.05) is 11.9 Å². The number of aromatic nitrogens is 3. The third kappa shape index (κ3) is 5.91. The molecule has 13 nitrogen and oxygen atoms in total. The number of nitrogens with one attached hydrogen (secondary N) is 4. The van der Waals surface area contributed by atoms with E-state index in [1.54, 1.807) is 20.0 Å². The maximum absolute atomic E-state index is 13.4. The van der Waals surface area contributed by atoms with Crippen LogP contribution in [0.2, 0.25) is 0 Å². The van der Waals surface area contributed by atoms with Gasteiger partial charge in [-0.3, -0.25) is 28.8 Å². The van der Waals surface area contributed by atoms with Gasteiger partial charge in [-0.05, 0) is 74.3 Å². The molecule has 2 aromatic rings. The zero-order chi connectivity index (χ0) is 31.9. The molecule has 236 valence electrons. The zero-order valence-electron chi connectivity index (χ0n) is 25.7. The van der Waals surface area contributed by atoms with Crippen molar-refractivity contribution in [3.63, 3.8) is 0 Å². The quantitative estimate of drug-likeness (QED) is 0.263. The van der Waals surface area contributed by atoms with E-state index >= 15 is 0 Å². The van der Waals surface area contributed by atoms with E-state index in [1.165, 1.54) is 46.8 Å². The third-order valence-corrected chi connectivity index (χ3v) is 9.99. The number of hydrogen-bond donors (Lipinski definition) is 4. The average molecular weight is 608 g/mol. The summed E-state index contributed by atoms with van der Waals surface area (Å²) in [5, 5.41) is 10.8. The molecule has 0 aliphatic heterocycles. The molecule has 4 aliphatic rings. The highest BCUT2D eigenvalue weighted by Crippen LogP contribution is 2.73. The Morgan fingerprint density at radius 1 is 1.09 bits per heavy atom. The minimum Gasteiger partial charge on any atom is -0.350 e. The van der Waals surface area contributed by atoms with Crippen LogP contribution in [0, 0.1) is 16.7 Å². The summed E-state index contributed by atoms with van der Waals surface area (Å²) in [7, 11) is 1.61. The highest BCUT2D eigenvalue weighted by atomic mass is 16.2. The maximum Gasteiger partial charge on any atom is 0.287 e. The van der Waals surface area contributed by atoms with Crippen molar-refractivity contribution in [2.45, 2.75) is 83.8 Å². The Morgan fingerprint density at radius 2 is 1.80 bits per heavy atom. The molecule has 44 heavy (non-hydrogen) atoms. The lowest BCUT2D eigenvalue weighted by atomic mass is 9.71. The summed E-state index contributed by atoms with van der Waals surface area (Å²) in [5.74, 6) is -2.53. The first-order valence-corrected chi connectivity index (χ1v) is 15.2. The Morgan fingerprint density at radius 3 is 2.41 bits per heavy atom. The van der Waals surface area contributed by atoms with Gasteiger partial charge in [-0.15, -0.1) is 0 Å². The van der Waals surface area contributed by atoms with Gasteiger partial charge in [0, 0.05) is 31.7 Å². The van der Waals surface area contributed by atoms with Crippen molar-refractivity contribution < 1.29 is 24.0 Å². The Hall–Kier alpha value is -4.29. The topological polar surface area (TPSA) is 173 Å². The third-order valence-electron chi connectivity index (χ3n) is 9.99. The lowest BCUT2D eigenvalue weighted by molar-refractivity contribution is -0.138. The molecule has 4 bridgehead atoms. The van der Waals surface area contributed by atoms with E-state index in [1.807, 2.05) is 0 Å². The molecular weight excluding hydrogens is 566 g/mol. The summed E-state index contributed by atoms with van der Waals surface area (Å²) in [6.07, 6.45) is 8.99. The van der Waals surface area contributed by atoms with E-state index in [2.05, 4.69) is 40.1 Å². The molecule has 13 heteroatoms. The number of likely N-dealkylation sites (N-methyl/N-ethyl adjacent to an activating group) is 1. The number of carbonyl (C=O) groups is 5. The van der Waals surface area contributed by atoms with Crippen molar-refractivity contribution >= 4 is 35.1 Å². The van der Waals surface area contributed by atoms with Gasteiger partial charge < -0.3 is 30.4 Å². The van der Waals surface area contributed by atoms with Gasteiger partial charge in [0.2, 0.25) is 17.6 Å². The fraction of sp³-hybridized carbons (Fsp3) is 0.581. The number of pyridine rings is 1. The van der Waals surface area contributed by atoms with E-state index in [0.29, 0.717) is 5.92 Å². The highest BCUT2D eigenvalue weighted by molar-refractivity contribution is 6.36. The largest absolute Gasteiger partial charge is 0.350 e. The Balaban J connectivity index is 1.26. The molecule has 2 unspecified atom stereocenters. The van der Waals surface area contributed by atoms with Gasteiger partial charge in [0.15, 0.2) is 0 Å². The number of carbonyl (C=O) groups excluding carboxylic acids is 5. The van der Waals surface area contributed by atoms with Crippen LogP contribution in [0.25, 0.3) is 0 Å². The van der Waals surface area contributed by atoms with Crippen LogP contribution in [0.1, 0.15) is 76.2 Å². The van der Waals surface area contributed by atoms with Gasteiger partial charge in [-0.25, -0.2) is 4.98 Å². The van der Waals surface area contributed by atoms with E-state index in [4.69, 9.17) is 0 Å². The van der Waals surface area contributed by atoms with E-state index in [0.717, 1.165) is 19.3 Å². The maximum atomic E-state index is 13.4. The first kappa shape index (κ1) is 31.1. The van der Waals surface area contributed by atoms with Crippen molar-refractivity contribution in [2.24, 2.45) is 23.8 Å². The highest BCUT2D eigenvalue weighted by Gasteiger charge is 2.68. The number of amides is 4. The van der Waals surface area contributed by atoms with Crippen molar-refractivity contribution in [3.05, 3.63) is 46.9 Å². The predicted molar refractivity (Wildman–Crippen MR) is 160 cm³/mol. The number of Topliss-reactive ketones (excluding diaryl/α,β-unsaturated/α-hetero) is 1. The summed E-state index contributed by atoms with van der Waals surface area (Å²) in [6.45, 7) is 6.40. The van der Waals surface area contributed by atoms with Crippen LogP contribution in [0.3, 0.4) is 0 Å². The summed E-state index contributed by atoms with van der Waals surface area (Å²) in [5.41, 5.74) is -0.301. The minimum atomic E-state index is -1.25.